The van der Waals surface area contributed by atoms with Crippen LogP contribution in [0.1, 0.15) is 38.3 Å². The number of likely N-dealkylation sites (N-methyl/N-ethyl adjacent to an activating group) is 1. The first-order valence-corrected chi connectivity index (χ1v) is 9.03. The summed E-state index contributed by atoms with van der Waals surface area (Å²) in [5.74, 6) is 2.03. The van der Waals surface area contributed by atoms with Crippen LogP contribution in [0.15, 0.2) is 24.3 Å². The molecule has 1 aromatic rings. The number of likely N-dealkylation sites (tertiary alicyclic amines) is 1. The highest BCUT2D eigenvalue weighted by molar-refractivity contribution is 5.61. The number of aromatic hydroxyl groups is 1. The molecule has 0 aromatic heterocycles. The lowest BCUT2D eigenvalue weighted by atomic mass is 9.52. The van der Waals surface area contributed by atoms with Gasteiger partial charge in [0.25, 0.3) is 0 Å². The van der Waals surface area contributed by atoms with Gasteiger partial charge < -0.3 is 14.7 Å². The fourth-order valence-electron chi connectivity index (χ4n) is 5.50. The van der Waals surface area contributed by atoms with E-state index in [9.17, 15) is 5.11 Å². The topological polar surface area (TPSA) is 32.7 Å². The molecule has 3 nitrogen and oxygen atoms in total. The molecule has 1 fully saturated rings. The summed E-state index contributed by atoms with van der Waals surface area (Å²) >= 11 is 0. The lowest BCUT2D eigenvalue weighted by Gasteiger charge is -2.56. The maximum Gasteiger partial charge on any atom is 0.165 e. The molecule has 1 unspecified atom stereocenters. The number of rotatable bonds is 0. The zero-order valence-electron chi connectivity index (χ0n) is 14.5. The van der Waals surface area contributed by atoms with Crippen molar-refractivity contribution >= 4 is 0 Å². The van der Waals surface area contributed by atoms with E-state index in [0.29, 0.717) is 23.6 Å². The van der Waals surface area contributed by atoms with E-state index in [1.54, 1.807) is 0 Å². The molecule has 1 aromatic carbocycles. The summed E-state index contributed by atoms with van der Waals surface area (Å²) in [5, 5.41) is 10.3. The fourth-order valence-corrected chi connectivity index (χ4v) is 5.50. The Labute approximate surface area is 139 Å². The Balaban J connectivity index is 0.000000652. The summed E-state index contributed by atoms with van der Waals surface area (Å²) in [6, 6.07) is 4.50. The largest absolute Gasteiger partial charge is 0.504 e. The van der Waals surface area contributed by atoms with Gasteiger partial charge in [-0.05, 0) is 38.1 Å². The minimum absolute atomic E-state index is 0.0903. The maximum absolute atomic E-state index is 10.3. The van der Waals surface area contributed by atoms with Crippen molar-refractivity contribution in [3.63, 3.8) is 0 Å². The second kappa shape index (κ2) is 5.01. The van der Waals surface area contributed by atoms with Crippen LogP contribution in [0.2, 0.25) is 0 Å². The highest BCUT2D eigenvalue weighted by Crippen LogP contribution is 2.63. The Morgan fingerprint density at radius 1 is 1.26 bits per heavy atom. The van der Waals surface area contributed by atoms with Crippen LogP contribution >= 0.6 is 0 Å². The van der Waals surface area contributed by atoms with Crippen LogP contribution in [-0.4, -0.2) is 35.7 Å². The van der Waals surface area contributed by atoms with Gasteiger partial charge in [0, 0.05) is 28.9 Å². The van der Waals surface area contributed by atoms with Crippen LogP contribution in [-0.2, 0) is 11.8 Å². The number of piperidine rings is 1. The highest BCUT2D eigenvalue weighted by atomic mass is 16.5. The van der Waals surface area contributed by atoms with E-state index in [2.05, 4.69) is 37.1 Å². The monoisotopic (exact) mass is 313 g/mol. The Morgan fingerprint density at radius 2 is 2.04 bits per heavy atom. The van der Waals surface area contributed by atoms with Gasteiger partial charge in [-0.25, -0.2) is 0 Å². The molecule has 2 aliphatic heterocycles. The normalized spacial score (nSPS) is 39.1. The van der Waals surface area contributed by atoms with Gasteiger partial charge in [-0.3, -0.25) is 0 Å². The summed E-state index contributed by atoms with van der Waals surface area (Å²) in [7, 11) is 2.25. The van der Waals surface area contributed by atoms with Crippen molar-refractivity contribution in [2.45, 2.75) is 51.2 Å². The number of hydrogen-bond donors (Lipinski definition) is 1. The molecule has 0 saturated carbocycles. The third kappa shape index (κ3) is 1.69. The van der Waals surface area contributed by atoms with Crippen LogP contribution in [0.4, 0.5) is 0 Å². The summed E-state index contributed by atoms with van der Waals surface area (Å²) in [6.45, 7) is 7.37. The van der Waals surface area contributed by atoms with Crippen molar-refractivity contribution in [3.05, 3.63) is 35.4 Å². The molecule has 4 aliphatic rings. The molecular formula is C20H27NO2. The van der Waals surface area contributed by atoms with E-state index in [-0.39, 0.29) is 11.5 Å². The van der Waals surface area contributed by atoms with Crippen LogP contribution in [0.3, 0.4) is 0 Å². The second-order valence-electron chi connectivity index (χ2n) is 7.30. The minimum atomic E-state index is 0.0903. The number of phenols is 1. The lowest BCUT2D eigenvalue weighted by molar-refractivity contribution is -0.0143. The van der Waals surface area contributed by atoms with E-state index in [1.165, 1.54) is 11.1 Å². The van der Waals surface area contributed by atoms with Crippen molar-refractivity contribution in [3.8, 4) is 11.5 Å². The third-order valence-corrected chi connectivity index (χ3v) is 6.42. The molecule has 23 heavy (non-hydrogen) atoms. The summed E-state index contributed by atoms with van der Waals surface area (Å²) in [4.78, 5) is 2.51. The number of ether oxygens (including phenoxy) is 1. The van der Waals surface area contributed by atoms with Gasteiger partial charge in [0.1, 0.15) is 6.10 Å². The number of phenolic OH excluding ortho intramolecular Hbond substituents is 1. The zero-order valence-corrected chi connectivity index (χ0v) is 14.5. The highest BCUT2D eigenvalue weighted by Gasteiger charge is 2.63. The molecule has 2 bridgehead atoms. The molecule has 2 aliphatic carbocycles. The van der Waals surface area contributed by atoms with Gasteiger partial charge in [-0.15, -0.1) is 0 Å². The van der Waals surface area contributed by atoms with Gasteiger partial charge in [0.2, 0.25) is 0 Å². The molecule has 1 N–H and O–H groups in total. The molecule has 0 radical (unpaired) electrons. The molecule has 5 rings (SSSR count). The Bertz CT molecular complexity index is 668. The first kappa shape index (κ1) is 15.1. The molecule has 3 heteroatoms. The Kier molecular flexibility index (Phi) is 3.28. The number of benzene rings is 1. The summed E-state index contributed by atoms with van der Waals surface area (Å²) in [6.07, 6.45) is 7.15. The summed E-state index contributed by atoms with van der Waals surface area (Å²) < 4.78 is 6.34. The van der Waals surface area contributed by atoms with Crippen molar-refractivity contribution in [1.29, 1.82) is 0 Å². The fraction of sp³-hybridized carbons (Fsp3) is 0.600. The third-order valence-electron chi connectivity index (χ3n) is 6.42. The average molecular weight is 313 g/mol. The van der Waals surface area contributed by atoms with Gasteiger partial charge in [-0.1, -0.05) is 39.0 Å². The van der Waals surface area contributed by atoms with Crippen LogP contribution in [0, 0.1) is 11.8 Å². The first-order valence-electron chi connectivity index (χ1n) is 9.03. The number of hydrogen-bond acceptors (Lipinski definition) is 3. The van der Waals surface area contributed by atoms with Crippen molar-refractivity contribution in [2.75, 3.05) is 13.6 Å². The first-order chi connectivity index (χ1) is 11.1. The van der Waals surface area contributed by atoms with Gasteiger partial charge in [0.15, 0.2) is 11.5 Å². The van der Waals surface area contributed by atoms with E-state index < -0.39 is 0 Å². The average Bonchev–Trinajstić information content (AvgIpc) is 2.92. The molecule has 0 amide bonds. The minimum Gasteiger partial charge on any atom is -0.504 e. The second-order valence-corrected chi connectivity index (χ2v) is 7.30. The maximum atomic E-state index is 10.3. The molecule has 124 valence electrons. The van der Waals surface area contributed by atoms with Crippen molar-refractivity contribution < 1.29 is 9.84 Å². The van der Waals surface area contributed by atoms with Crippen molar-refractivity contribution in [2.24, 2.45) is 11.8 Å². The van der Waals surface area contributed by atoms with Crippen LogP contribution in [0.25, 0.3) is 0 Å². The van der Waals surface area contributed by atoms with Gasteiger partial charge in [0.05, 0.1) is 0 Å². The SMILES string of the molecule is CC.C[C@H]1C=C[C@H]2C3Cc4ccc(O)c5c4[C@@]2(CCN3C)[C@H]1O5. The van der Waals surface area contributed by atoms with Gasteiger partial charge >= 0.3 is 0 Å². The summed E-state index contributed by atoms with van der Waals surface area (Å²) in [5.41, 5.74) is 2.81. The van der Waals surface area contributed by atoms with Gasteiger partial charge in [-0.2, -0.15) is 0 Å². The Morgan fingerprint density at radius 3 is 2.83 bits per heavy atom. The van der Waals surface area contributed by atoms with E-state index in [0.717, 1.165) is 25.1 Å². The molecule has 1 spiro atoms. The molecular weight excluding hydrogens is 286 g/mol. The standard InChI is InChI=1S/C18H21NO2.C2H6/c1-10-3-5-12-13-9-11-4-6-14(20)16-15(11)18(12,17(10)21-16)7-8-19(13)2;1-2/h3-6,10,12-13,17,20H,7-9H2,1-2H3;1-2H3/t10-,12-,13?,17-,18-;/m0./s1. The predicted molar refractivity (Wildman–Crippen MR) is 92.1 cm³/mol. The van der Waals surface area contributed by atoms with E-state index >= 15 is 0 Å². The lowest BCUT2D eigenvalue weighted by Crippen LogP contribution is -2.63. The number of nitrogens with zero attached hydrogens (tertiary/aromatic N) is 1. The molecule has 1 saturated heterocycles. The molecule has 2 heterocycles. The Hall–Kier alpha value is -1.48. The zero-order chi connectivity index (χ0) is 16.4. The molecule has 5 atom stereocenters. The van der Waals surface area contributed by atoms with Crippen LogP contribution < -0.4 is 4.74 Å². The van der Waals surface area contributed by atoms with Crippen LogP contribution in [0.5, 0.6) is 11.5 Å². The van der Waals surface area contributed by atoms with E-state index in [4.69, 9.17) is 4.74 Å². The predicted octanol–water partition coefficient (Wildman–Crippen LogP) is 3.50. The quantitative estimate of drug-likeness (QED) is 0.744. The smallest absolute Gasteiger partial charge is 0.165 e. The van der Waals surface area contributed by atoms with Crippen molar-refractivity contribution in [1.82, 2.24) is 4.90 Å². The van der Waals surface area contributed by atoms with E-state index in [1.807, 2.05) is 19.9 Å².